The number of nitrogens with zero attached hydrogens (tertiary/aromatic N) is 3. The number of thiophene rings is 1. The highest BCUT2D eigenvalue weighted by Gasteiger charge is 1.99. The topological polar surface area (TPSA) is 54.2 Å². The molecule has 0 amide bonds. The molecule has 2 rings (SSSR count). The number of aliphatic imine (C=N–C) groups is 1. The van der Waals surface area contributed by atoms with E-state index >= 15 is 0 Å². The van der Waals surface area contributed by atoms with Crippen LogP contribution < -0.4 is 10.6 Å². The number of hydrogen-bond donors (Lipinski definition) is 2. The highest BCUT2D eigenvalue weighted by Crippen LogP contribution is 2.07. The lowest BCUT2D eigenvalue weighted by atomic mass is 10.3. The highest BCUT2D eigenvalue weighted by molar-refractivity contribution is 7.09. The lowest BCUT2D eigenvalue weighted by Crippen LogP contribution is -2.39. The summed E-state index contributed by atoms with van der Waals surface area (Å²) in [6.45, 7) is 4.57. The predicted molar refractivity (Wildman–Crippen MR) is 84.4 cm³/mol. The zero-order valence-electron chi connectivity index (χ0n) is 12.0. The predicted octanol–water partition coefficient (Wildman–Crippen LogP) is 1.66. The van der Waals surface area contributed by atoms with Crippen LogP contribution in [0.15, 0.2) is 34.9 Å². The number of aryl methyl sites for hydroxylation is 1. The molecule has 5 nitrogen and oxygen atoms in total. The van der Waals surface area contributed by atoms with Crippen LogP contribution >= 0.6 is 11.3 Å². The van der Waals surface area contributed by atoms with E-state index in [1.54, 1.807) is 18.4 Å². The minimum atomic E-state index is 0.805. The smallest absolute Gasteiger partial charge is 0.191 e. The molecule has 0 aliphatic heterocycles. The Labute approximate surface area is 123 Å². The van der Waals surface area contributed by atoms with Crippen molar-refractivity contribution in [3.05, 3.63) is 40.3 Å². The second-order valence-corrected chi connectivity index (χ2v) is 5.57. The average molecular weight is 291 g/mol. The van der Waals surface area contributed by atoms with Crippen LogP contribution in [-0.2, 0) is 13.0 Å². The summed E-state index contributed by atoms with van der Waals surface area (Å²) in [5, 5.41) is 13.0. The molecule has 6 heteroatoms. The first-order chi connectivity index (χ1) is 9.78. The maximum absolute atomic E-state index is 4.25. The maximum Gasteiger partial charge on any atom is 0.191 e. The molecule has 0 saturated heterocycles. The molecule has 0 unspecified atom stereocenters. The van der Waals surface area contributed by atoms with Crippen LogP contribution in [0.3, 0.4) is 0 Å². The van der Waals surface area contributed by atoms with E-state index in [1.165, 1.54) is 10.4 Å². The van der Waals surface area contributed by atoms with E-state index in [0.29, 0.717) is 0 Å². The number of guanidine groups is 1. The normalized spacial score (nSPS) is 11.6. The van der Waals surface area contributed by atoms with Crippen LogP contribution in [0.5, 0.6) is 0 Å². The maximum atomic E-state index is 4.25. The van der Waals surface area contributed by atoms with Crippen LogP contribution in [0, 0.1) is 6.92 Å². The molecule has 0 aromatic carbocycles. The van der Waals surface area contributed by atoms with Gasteiger partial charge in [0.25, 0.3) is 0 Å². The van der Waals surface area contributed by atoms with Crippen molar-refractivity contribution in [1.82, 2.24) is 20.4 Å². The summed E-state index contributed by atoms with van der Waals surface area (Å²) in [6.07, 6.45) is 4.93. The lowest BCUT2D eigenvalue weighted by Gasteiger charge is -2.11. The Kier molecular flexibility index (Phi) is 5.61. The molecule has 0 atom stereocenters. The van der Waals surface area contributed by atoms with Gasteiger partial charge in [-0.25, -0.2) is 0 Å². The Balaban J connectivity index is 1.65. The van der Waals surface area contributed by atoms with Crippen molar-refractivity contribution in [2.75, 3.05) is 20.1 Å². The molecule has 108 valence electrons. The molecule has 0 saturated carbocycles. The third-order valence-electron chi connectivity index (χ3n) is 2.86. The summed E-state index contributed by atoms with van der Waals surface area (Å²) in [5.74, 6) is 0.838. The van der Waals surface area contributed by atoms with Crippen LogP contribution in [0.25, 0.3) is 0 Å². The molecular weight excluding hydrogens is 270 g/mol. The Morgan fingerprint density at radius 3 is 2.90 bits per heavy atom. The van der Waals surface area contributed by atoms with Crippen molar-refractivity contribution in [3.8, 4) is 0 Å². The molecule has 0 bridgehead atoms. The third-order valence-corrected chi connectivity index (χ3v) is 3.80. The largest absolute Gasteiger partial charge is 0.356 e. The van der Waals surface area contributed by atoms with E-state index in [2.05, 4.69) is 38.2 Å². The zero-order valence-corrected chi connectivity index (χ0v) is 12.8. The Morgan fingerprint density at radius 1 is 1.40 bits per heavy atom. The third kappa shape index (κ3) is 4.70. The van der Waals surface area contributed by atoms with Crippen molar-refractivity contribution < 1.29 is 0 Å². The van der Waals surface area contributed by atoms with Gasteiger partial charge in [-0.1, -0.05) is 6.07 Å². The summed E-state index contributed by atoms with van der Waals surface area (Å²) in [7, 11) is 1.79. The fourth-order valence-electron chi connectivity index (χ4n) is 1.86. The highest BCUT2D eigenvalue weighted by atomic mass is 32.1. The van der Waals surface area contributed by atoms with Gasteiger partial charge < -0.3 is 10.6 Å². The van der Waals surface area contributed by atoms with Gasteiger partial charge in [-0.05, 0) is 30.4 Å². The summed E-state index contributed by atoms with van der Waals surface area (Å²) >= 11 is 1.79. The van der Waals surface area contributed by atoms with Gasteiger partial charge in [0.05, 0.1) is 12.7 Å². The van der Waals surface area contributed by atoms with Gasteiger partial charge in [-0.15, -0.1) is 11.3 Å². The minimum Gasteiger partial charge on any atom is -0.356 e. The molecule has 2 aromatic rings. The number of rotatable bonds is 6. The fraction of sp³-hybridized carbons (Fsp3) is 0.429. The number of hydrogen-bond acceptors (Lipinski definition) is 3. The molecule has 0 radical (unpaired) electrons. The van der Waals surface area contributed by atoms with E-state index in [-0.39, 0.29) is 0 Å². The second kappa shape index (κ2) is 7.69. The zero-order chi connectivity index (χ0) is 14.2. The van der Waals surface area contributed by atoms with Crippen molar-refractivity contribution in [2.24, 2.45) is 4.99 Å². The first-order valence-corrected chi connectivity index (χ1v) is 7.62. The standard InChI is InChI=1S/C14H21N5S/c1-12-10-18-19(11-12)8-7-17-14(15-2)16-6-5-13-4-3-9-20-13/h3-4,9-11H,5-8H2,1-2H3,(H2,15,16,17). The molecule has 2 aromatic heterocycles. The Hall–Kier alpha value is -1.82. The van der Waals surface area contributed by atoms with Crippen LogP contribution in [0.1, 0.15) is 10.4 Å². The monoisotopic (exact) mass is 291 g/mol. The molecular formula is C14H21N5S. The SMILES string of the molecule is CN=C(NCCc1cccs1)NCCn1cc(C)cn1. The second-order valence-electron chi connectivity index (χ2n) is 4.54. The average Bonchev–Trinajstić information content (AvgIpc) is 3.09. The summed E-state index contributed by atoms with van der Waals surface area (Å²) in [6, 6.07) is 4.24. The van der Waals surface area contributed by atoms with Gasteiger partial charge >= 0.3 is 0 Å². The Bertz CT molecular complexity index is 530. The fourth-order valence-corrected chi connectivity index (χ4v) is 2.57. The summed E-state index contributed by atoms with van der Waals surface area (Å²) in [5.41, 5.74) is 1.18. The van der Waals surface area contributed by atoms with Crippen LogP contribution in [0.4, 0.5) is 0 Å². The summed E-state index contributed by atoms with van der Waals surface area (Å²) < 4.78 is 1.93. The molecule has 0 fully saturated rings. The van der Waals surface area contributed by atoms with E-state index in [4.69, 9.17) is 0 Å². The molecule has 20 heavy (non-hydrogen) atoms. The first-order valence-electron chi connectivity index (χ1n) is 6.74. The quantitative estimate of drug-likeness (QED) is 0.629. The van der Waals surface area contributed by atoms with E-state index in [0.717, 1.165) is 32.0 Å². The van der Waals surface area contributed by atoms with Gasteiger partial charge in [-0.2, -0.15) is 5.10 Å². The van der Waals surface area contributed by atoms with Gasteiger partial charge in [0.2, 0.25) is 0 Å². The molecule has 0 aliphatic rings. The van der Waals surface area contributed by atoms with Crippen LogP contribution in [-0.4, -0.2) is 35.9 Å². The Morgan fingerprint density at radius 2 is 2.25 bits per heavy atom. The van der Waals surface area contributed by atoms with Crippen molar-refractivity contribution in [3.63, 3.8) is 0 Å². The van der Waals surface area contributed by atoms with Gasteiger partial charge in [0, 0.05) is 31.2 Å². The van der Waals surface area contributed by atoms with Crippen LogP contribution in [0.2, 0.25) is 0 Å². The molecule has 0 aliphatic carbocycles. The van der Waals surface area contributed by atoms with Gasteiger partial charge in [-0.3, -0.25) is 9.67 Å². The number of aromatic nitrogens is 2. The molecule has 0 spiro atoms. The molecule has 2 heterocycles. The van der Waals surface area contributed by atoms with Crippen molar-refractivity contribution in [2.45, 2.75) is 19.9 Å². The van der Waals surface area contributed by atoms with E-state index in [9.17, 15) is 0 Å². The van der Waals surface area contributed by atoms with E-state index in [1.807, 2.05) is 24.0 Å². The lowest BCUT2D eigenvalue weighted by molar-refractivity contribution is 0.597. The summed E-state index contributed by atoms with van der Waals surface area (Å²) in [4.78, 5) is 5.60. The van der Waals surface area contributed by atoms with Gasteiger partial charge in [0.1, 0.15) is 0 Å². The number of nitrogens with one attached hydrogen (secondary N) is 2. The van der Waals surface area contributed by atoms with Gasteiger partial charge in [0.15, 0.2) is 5.96 Å². The van der Waals surface area contributed by atoms with Crippen molar-refractivity contribution >= 4 is 17.3 Å². The van der Waals surface area contributed by atoms with Crippen molar-refractivity contribution in [1.29, 1.82) is 0 Å². The van der Waals surface area contributed by atoms with E-state index < -0.39 is 0 Å². The minimum absolute atomic E-state index is 0.805. The first kappa shape index (κ1) is 14.6. The molecule has 2 N–H and O–H groups in total.